The predicted octanol–water partition coefficient (Wildman–Crippen LogP) is 3.74. The van der Waals surface area contributed by atoms with E-state index in [2.05, 4.69) is 48.1 Å². The Labute approximate surface area is 113 Å². The minimum Gasteiger partial charge on any atom is -0.375 e. The maximum Gasteiger partial charge on any atom is 0.0728 e. The van der Waals surface area contributed by atoms with Crippen molar-refractivity contribution in [1.29, 1.82) is 0 Å². The fraction of sp³-hybridized carbons (Fsp3) is 0.571. The quantitative estimate of drug-likeness (QED) is 0.774. The van der Waals surface area contributed by atoms with Gasteiger partial charge in [-0.1, -0.05) is 41.1 Å². The molecule has 0 aliphatic rings. The molecule has 0 unspecified atom stereocenters. The van der Waals surface area contributed by atoms with Crippen molar-refractivity contribution < 1.29 is 4.74 Å². The molecule has 0 radical (unpaired) electrons. The van der Waals surface area contributed by atoms with Gasteiger partial charge in [-0.3, -0.25) is 0 Å². The SMILES string of the molecule is CCC(C)(C)NCCOCc1ccccc1Br. The summed E-state index contributed by atoms with van der Waals surface area (Å²) in [6.07, 6.45) is 1.12. The molecule has 0 aliphatic heterocycles. The van der Waals surface area contributed by atoms with Gasteiger partial charge in [0.15, 0.2) is 0 Å². The van der Waals surface area contributed by atoms with E-state index in [4.69, 9.17) is 4.74 Å². The van der Waals surface area contributed by atoms with Crippen molar-refractivity contribution in [3.63, 3.8) is 0 Å². The Hall–Kier alpha value is -0.380. The van der Waals surface area contributed by atoms with Crippen molar-refractivity contribution in [2.75, 3.05) is 13.2 Å². The third-order valence-corrected chi connectivity index (χ3v) is 3.72. The molecule has 3 heteroatoms. The van der Waals surface area contributed by atoms with E-state index in [0.29, 0.717) is 6.61 Å². The monoisotopic (exact) mass is 299 g/mol. The Balaban J connectivity index is 2.19. The van der Waals surface area contributed by atoms with E-state index < -0.39 is 0 Å². The van der Waals surface area contributed by atoms with Crippen LogP contribution in [-0.2, 0) is 11.3 Å². The number of halogens is 1. The molecule has 0 amide bonds. The number of hydrogen-bond acceptors (Lipinski definition) is 2. The zero-order chi connectivity index (χ0) is 12.7. The number of hydrogen-bond donors (Lipinski definition) is 1. The molecule has 0 bridgehead atoms. The van der Waals surface area contributed by atoms with Crippen molar-refractivity contribution in [2.45, 2.75) is 39.3 Å². The van der Waals surface area contributed by atoms with Gasteiger partial charge in [0.25, 0.3) is 0 Å². The fourth-order valence-electron chi connectivity index (χ4n) is 1.38. The molecule has 1 aromatic carbocycles. The van der Waals surface area contributed by atoms with Crippen LogP contribution in [-0.4, -0.2) is 18.7 Å². The summed E-state index contributed by atoms with van der Waals surface area (Å²) in [5.41, 5.74) is 1.40. The van der Waals surface area contributed by atoms with Crippen LogP contribution in [0.25, 0.3) is 0 Å². The minimum absolute atomic E-state index is 0.205. The Morgan fingerprint density at radius 1 is 1.29 bits per heavy atom. The zero-order valence-corrected chi connectivity index (χ0v) is 12.5. The van der Waals surface area contributed by atoms with E-state index >= 15 is 0 Å². The fourth-order valence-corrected chi connectivity index (χ4v) is 1.78. The average Bonchev–Trinajstić information content (AvgIpc) is 2.31. The maximum atomic E-state index is 5.65. The number of benzene rings is 1. The summed E-state index contributed by atoms with van der Waals surface area (Å²) in [6.45, 7) is 8.90. The van der Waals surface area contributed by atoms with E-state index in [1.807, 2.05) is 18.2 Å². The van der Waals surface area contributed by atoms with Crippen molar-refractivity contribution >= 4 is 15.9 Å². The first-order chi connectivity index (χ1) is 8.05. The standard InChI is InChI=1S/C14H22BrNO/c1-4-14(2,3)16-9-10-17-11-12-7-5-6-8-13(12)15/h5-8,16H,4,9-11H2,1-3H3. The van der Waals surface area contributed by atoms with Crippen molar-refractivity contribution in [1.82, 2.24) is 5.32 Å². The van der Waals surface area contributed by atoms with Crippen molar-refractivity contribution in [3.05, 3.63) is 34.3 Å². The molecule has 0 aromatic heterocycles. The molecule has 0 fully saturated rings. The Morgan fingerprint density at radius 3 is 2.65 bits per heavy atom. The second kappa shape index (κ2) is 7.14. The summed E-state index contributed by atoms with van der Waals surface area (Å²) < 4.78 is 6.76. The second-order valence-electron chi connectivity index (χ2n) is 4.81. The molecule has 0 saturated carbocycles. The van der Waals surface area contributed by atoms with Gasteiger partial charge in [0, 0.05) is 16.6 Å². The normalized spacial score (nSPS) is 11.8. The van der Waals surface area contributed by atoms with E-state index in [1.165, 1.54) is 5.56 Å². The van der Waals surface area contributed by atoms with Gasteiger partial charge in [-0.05, 0) is 31.9 Å². The summed E-state index contributed by atoms with van der Waals surface area (Å²) in [5.74, 6) is 0. The number of nitrogens with one attached hydrogen (secondary N) is 1. The van der Waals surface area contributed by atoms with Crippen LogP contribution in [0.5, 0.6) is 0 Å². The lowest BCUT2D eigenvalue weighted by Crippen LogP contribution is -2.40. The zero-order valence-electron chi connectivity index (χ0n) is 10.9. The third-order valence-electron chi connectivity index (χ3n) is 2.95. The van der Waals surface area contributed by atoms with Crippen LogP contribution in [0.2, 0.25) is 0 Å². The topological polar surface area (TPSA) is 21.3 Å². The van der Waals surface area contributed by atoms with Crippen molar-refractivity contribution in [3.8, 4) is 0 Å². The van der Waals surface area contributed by atoms with Crippen LogP contribution >= 0.6 is 15.9 Å². The largest absolute Gasteiger partial charge is 0.375 e. The Morgan fingerprint density at radius 2 is 2.00 bits per heavy atom. The smallest absolute Gasteiger partial charge is 0.0728 e. The van der Waals surface area contributed by atoms with Crippen molar-refractivity contribution in [2.24, 2.45) is 0 Å². The maximum absolute atomic E-state index is 5.65. The molecule has 1 N–H and O–H groups in total. The molecule has 1 aromatic rings. The molecule has 0 aliphatic carbocycles. The van der Waals surface area contributed by atoms with Gasteiger partial charge in [-0.25, -0.2) is 0 Å². The van der Waals surface area contributed by atoms with Crippen LogP contribution in [0.3, 0.4) is 0 Å². The lowest BCUT2D eigenvalue weighted by Gasteiger charge is -2.24. The molecule has 17 heavy (non-hydrogen) atoms. The Bertz CT molecular complexity index is 339. The molecular weight excluding hydrogens is 278 g/mol. The van der Waals surface area contributed by atoms with Crippen LogP contribution in [0.1, 0.15) is 32.8 Å². The molecule has 96 valence electrons. The first-order valence-electron chi connectivity index (χ1n) is 6.11. The molecule has 0 saturated heterocycles. The summed E-state index contributed by atoms with van der Waals surface area (Å²) in [4.78, 5) is 0. The minimum atomic E-state index is 0.205. The second-order valence-corrected chi connectivity index (χ2v) is 5.66. The summed E-state index contributed by atoms with van der Waals surface area (Å²) >= 11 is 3.51. The van der Waals surface area contributed by atoms with Gasteiger partial charge in [0.2, 0.25) is 0 Å². The first-order valence-corrected chi connectivity index (χ1v) is 6.90. The summed E-state index contributed by atoms with van der Waals surface area (Å²) in [7, 11) is 0. The highest BCUT2D eigenvalue weighted by Gasteiger charge is 2.12. The summed E-state index contributed by atoms with van der Waals surface area (Å²) in [5, 5.41) is 3.47. The predicted molar refractivity (Wildman–Crippen MR) is 76.2 cm³/mol. The molecule has 0 atom stereocenters. The molecular formula is C14H22BrNO. The van der Waals surface area contributed by atoms with Gasteiger partial charge in [-0.2, -0.15) is 0 Å². The lowest BCUT2D eigenvalue weighted by atomic mass is 10.0. The van der Waals surface area contributed by atoms with E-state index in [1.54, 1.807) is 0 Å². The lowest BCUT2D eigenvalue weighted by molar-refractivity contribution is 0.116. The van der Waals surface area contributed by atoms with E-state index in [9.17, 15) is 0 Å². The van der Waals surface area contributed by atoms with Gasteiger partial charge in [-0.15, -0.1) is 0 Å². The van der Waals surface area contributed by atoms with Gasteiger partial charge in [0.05, 0.1) is 13.2 Å². The molecule has 2 nitrogen and oxygen atoms in total. The van der Waals surface area contributed by atoms with Crippen LogP contribution < -0.4 is 5.32 Å². The van der Waals surface area contributed by atoms with Crippen LogP contribution in [0.15, 0.2) is 28.7 Å². The number of ether oxygens (including phenoxy) is 1. The molecule has 0 heterocycles. The third kappa shape index (κ3) is 5.66. The van der Waals surface area contributed by atoms with E-state index in [-0.39, 0.29) is 5.54 Å². The summed E-state index contributed by atoms with van der Waals surface area (Å²) in [6, 6.07) is 8.16. The Kier molecular flexibility index (Phi) is 6.17. The van der Waals surface area contributed by atoms with Crippen LogP contribution in [0.4, 0.5) is 0 Å². The van der Waals surface area contributed by atoms with E-state index in [0.717, 1.165) is 24.0 Å². The van der Waals surface area contributed by atoms with Crippen LogP contribution in [0, 0.1) is 0 Å². The highest BCUT2D eigenvalue weighted by atomic mass is 79.9. The molecule has 1 rings (SSSR count). The van der Waals surface area contributed by atoms with Gasteiger partial charge >= 0.3 is 0 Å². The van der Waals surface area contributed by atoms with Gasteiger partial charge < -0.3 is 10.1 Å². The highest BCUT2D eigenvalue weighted by Crippen LogP contribution is 2.16. The highest BCUT2D eigenvalue weighted by molar-refractivity contribution is 9.10. The molecule has 0 spiro atoms. The number of rotatable bonds is 7. The van der Waals surface area contributed by atoms with Gasteiger partial charge in [0.1, 0.15) is 0 Å². The first kappa shape index (κ1) is 14.7. The average molecular weight is 300 g/mol.